The molecule has 0 aliphatic heterocycles. The van der Waals surface area contributed by atoms with Crippen molar-refractivity contribution in [3.63, 3.8) is 0 Å². The normalized spacial score (nSPS) is 12.4. The molecule has 4 nitrogen and oxygen atoms in total. The lowest BCUT2D eigenvalue weighted by Crippen LogP contribution is -2.33. The molecule has 0 bridgehead atoms. The third-order valence-electron chi connectivity index (χ3n) is 3.07. The number of rotatable bonds is 5. The molecule has 1 amide bonds. The Morgan fingerprint density at radius 3 is 2.57 bits per heavy atom. The van der Waals surface area contributed by atoms with Crippen molar-refractivity contribution in [3.05, 3.63) is 41.0 Å². The summed E-state index contributed by atoms with van der Waals surface area (Å²) in [5, 5.41) is 7.40. The van der Waals surface area contributed by atoms with E-state index in [4.69, 9.17) is 16.1 Å². The number of aromatic nitrogens is 1. The molecule has 0 fully saturated rings. The van der Waals surface area contributed by atoms with Crippen molar-refractivity contribution in [2.24, 2.45) is 5.92 Å². The maximum Gasteiger partial charge on any atom is 0.273 e. The van der Waals surface area contributed by atoms with Crippen LogP contribution in [0.25, 0.3) is 11.3 Å². The number of hydrogen-bond donors (Lipinski definition) is 1. The fourth-order valence-corrected chi connectivity index (χ4v) is 2.32. The average molecular weight is 307 g/mol. The van der Waals surface area contributed by atoms with Crippen LogP contribution in [-0.4, -0.2) is 17.1 Å². The van der Waals surface area contributed by atoms with Gasteiger partial charge in [-0.3, -0.25) is 4.79 Å². The topological polar surface area (TPSA) is 55.1 Å². The highest BCUT2D eigenvalue weighted by molar-refractivity contribution is 6.30. The van der Waals surface area contributed by atoms with Gasteiger partial charge in [-0.15, -0.1) is 0 Å². The quantitative estimate of drug-likeness (QED) is 0.902. The fourth-order valence-electron chi connectivity index (χ4n) is 2.20. The predicted molar refractivity (Wildman–Crippen MR) is 83.3 cm³/mol. The average Bonchev–Trinajstić information content (AvgIpc) is 2.88. The first-order valence-electron chi connectivity index (χ1n) is 6.99. The Morgan fingerprint density at radius 1 is 1.29 bits per heavy atom. The highest BCUT2D eigenvalue weighted by Crippen LogP contribution is 2.22. The van der Waals surface area contributed by atoms with Crippen molar-refractivity contribution in [1.82, 2.24) is 10.5 Å². The number of hydrogen-bond acceptors (Lipinski definition) is 3. The van der Waals surface area contributed by atoms with E-state index >= 15 is 0 Å². The molecule has 0 saturated carbocycles. The summed E-state index contributed by atoms with van der Waals surface area (Å²) in [6.45, 7) is 6.23. The first kappa shape index (κ1) is 15.6. The number of nitrogens with one attached hydrogen (secondary N) is 1. The number of halogens is 1. The minimum atomic E-state index is -0.216. The molecule has 2 rings (SSSR count). The summed E-state index contributed by atoms with van der Waals surface area (Å²) >= 11 is 5.84. The van der Waals surface area contributed by atoms with E-state index in [9.17, 15) is 4.79 Å². The molecule has 0 aliphatic carbocycles. The molecule has 1 aromatic heterocycles. The summed E-state index contributed by atoms with van der Waals surface area (Å²) in [5.41, 5.74) is 1.12. The van der Waals surface area contributed by atoms with Crippen molar-refractivity contribution >= 4 is 17.5 Å². The molecule has 0 unspecified atom stereocenters. The third kappa shape index (κ3) is 4.33. The van der Waals surface area contributed by atoms with Crippen LogP contribution >= 0.6 is 11.6 Å². The molecule has 0 spiro atoms. The lowest BCUT2D eigenvalue weighted by Gasteiger charge is -2.14. The molecular weight excluding hydrogens is 288 g/mol. The minimum Gasteiger partial charge on any atom is -0.355 e. The Morgan fingerprint density at radius 2 is 1.95 bits per heavy atom. The lowest BCUT2D eigenvalue weighted by atomic mass is 10.1. The fraction of sp³-hybridized carbons (Fsp3) is 0.375. The van der Waals surface area contributed by atoms with Gasteiger partial charge in [-0.25, -0.2) is 0 Å². The molecule has 1 heterocycles. The Bertz CT molecular complexity index is 605. The van der Waals surface area contributed by atoms with Crippen molar-refractivity contribution in [1.29, 1.82) is 0 Å². The van der Waals surface area contributed by atoms with E-state index in [1.807, 2.05) is 19.1 Å². The molecule has 1 atom stereocenters. The molecule has 0 saturated heterocycles. The minimum absolute atomic E-state index is 0.105. The first-order valence-corrected chi connectivity index (χ1v) is 7.37. The molecule has 0 aliphatic rings. The highest BCUT2D eigenvalue weighted by atomic mass is 35.5. The van der Waals surface area contributed by atoms with Gasteiger partial charge < -0.3 is 9.84 Å². The second-order valence-electron chi connectivity index (χ2n) is 5.59. The van der Waals surface area contributed by atoms with Crippen LogP contribution < -0.4 is 5.32 Å². The lowest BCUT2D eigenvalue weighted by molar-refractivity contribution is 0.0927. The number of carbonyl (C=O) groups excluding carboxylic acids is 1. The molecule has 1 N–H and O–H groups in total. The first-order chi connectivity index (χ1) is 9.95. The summed E-state index contributed by atoms with van der Waals surface area (Å²) in [5.74, 6) is 0.864. The van der Waals surface area contributed by atoms with Crippen molar-refractivity contribution < 1.29 is 9.32 Å². The van der Waals surface area contributed by atoms with Crippen molar-refractivity contribution in [3.8, 4) is 11.3 Å². The Labute approximate surface area is 129 Å². The molecular formula is C16H19ClN2O2. The summed E-state index contributed by atoms with van der Waals surface area (Å²) in [6.07, 6.45) is 0.924. The second kappa shape index (κ2) is 6.76. The van der Waals surface area contributed by atoms with Crippen LogP contribution in [0.2, 0.25) is 5.02 Å². The van der Waals surface area contributed by atoms with E-state index in [1.54, 1.807) is 18.2 Å². The summed E-state index contributed by atoms with van der Waals surface area (Å²) < 4.78 is 5.22. The predicted octanol–water partition coefficient (Wildman–Crippen LogP) is 4.16. The zero-order valence-corrected chi connectivity index (χ0v) is 13.1. The second-order valence-corrected chi connectivity index (χ2v) is 6.02. The maximum absolute atomic E-state index is 12.1. The van der Waals surface area contributed by atoms with Crippen LogP contribution in [0.1, 0.15) is 37.7 Å². The van der Waals surface area contributed by atoms with Gasteiger partial charge in [-0.2, -0.15) is 0 Å². The Hall–Kier alpha value is -1.81. The van der Waals surface area contributed by atoms with Crippen LogP contribution in [0.4, 0.5) is 0 Å². The van der Waals surface area contributed by atoms with Crippen LogP contribution in [-0.2, 0) is 0 Å². The van der Waals surface area contributed by atoms with Crippen molar-refractivity contribution in [2.45, 2.75) is 33.2 Å². The zero-order chi connectivity index (χ0) is 15.4. The van der Waals surface area contributed by atoms with E-state index in [-0.39, 0.29) is 17.6 Å². The van der Waals surface area contributed by atoms with E-state index in [1.165, 1.54) is 0 Å². The number of carbonyl (C=O) groups is 1. The molecule has 112 valence electrons. The Balaban J connectivity index is 2.05. The summed E-state index contributed by atoms with van der Waals surface area (Å²) in [6, 6.07) is 8.93. The van der Waals surface area contributed by atoms with Gasteiger partial charge in [0.1, 0.15) is 0 Å². The molecule has 2 aromatic rings. The molecule has 5 heteroatoms. The standard InChI is InChI=1S/C16H19ClN2O2/c1-10(2)8-11(3)18-16(20)14-9-15(21-19-14)12-4-6-13(17)7-5-12/h4-7,9-11H,8H2,1-3H3,(H,18,20)/t11-/m1/s1. The van der Waals surface area contributed by atoms with Crippen LogP contribution in [0.5, 0.6) is 0 Å². The summed E-state index contributed by atoms with van der Waals surface area (Å²) in [4.78, 5) is 12.1. The SMILES string of the molecule is CC(C)C[C@@H](C)NC(=O)c1cc(-c2ccc(Cl)cc2)on1. The van der Waals surface area contributed by atoms with Gasteiger partial charge in [0, 0.05) is 22.7 Å². The van der Waals surface area contributed by atoms with Crippen molar-refractivity contribution in [2.75, 3.05) is 0 Å². The van der Waals surface area contributed by atoms with Gasteiger partial charge in [0.25, 0.3) is 5.91 Å². The van der Waals surface area contributed by atoms with Crippen LogP contribution in [0.3, 0.4) is 0 Å². The van der Waals surface area contributed by atoms with Gasteiger partial charge in [-0.05, 0) is 43.5 Å². The van der Waals surface area contributed by atoms with Crippen LogP contribution in [0.15, 0.2) is 34.9 Å². The van der Waals surface area contributed by atoms with Gasteiger partial charge in [-0.1, -0.05) is 30.6 Å². The molecule has 21 heavy (non-hydrogen) atoms. The highest BCUT2D eigenvalue weighted by Gasteiger charge is 2.16. The largest absolute Gasteiger partial charge is 0.355 e. The van der Waals surface area contributed by atoms with Crippen LogP contribution in [0, 0.1) is 5.92 Å². The smallest absolute Gasteiger partial charge is 0.273 e. The van der Waals surface area contributed by atoms with E-state index in [0.29, 0.717) is 16.7 Å². The number of nitrogens with zero attached hydrogens (tertiary/aromatic N) is 1. The third-order valence-corrected chi connectivity index (χ3v) is 3.33. The van der Waals surface area contributed by atoms with Gasteiger partial charge in [0.15, 0.2) is 11.5 Å². The van der Waals surface area contributed by atoms with Gasteiger partial charge in [0.05, 0.1) is 0 Å². The van der Waals surface area contributed by atoms with Gasteiger partial charge >= 0.3 is 0 Å². The van der Waals surface area contributed by atoms with E-state index in [2.05, 4.69) is 24.3 Å². The zero-order valence-electron chi connectivity index (χ0n) is 12.4. The monoisotopic (exact) mass is 306 g/mol. The molecule has 0 radical (unpaired) electrons. The number of benzene rings is 1. The van der Waals surface area contributed by atoms with E-state index in [0.717, 1.165) is 12.0 Å². The maximum atomic E-state index is 12.1. The molecule has 1 aromatic carbocycles. The summed E-state index contributed by atoms with van der Waals surface area (Å²) in [7, 11) is 0. The van der Waals surface area contributed by atoms with E-state index < -0.39 is 0 Å². The number of amides is 1. The Kier molecular flexibility index (Phi) is 5.02. The van der Waals surface area contributed by atoms with Gasteiger partial charge in [0.2, 0.25) is 0 Å².